The molecule has 0 spiro atoms. The largest absolute Gasteiger partial charge is 0.325 e. The van der Waals surface area contributed by atoms with Gasteiger partial charge >= 0.3 is 0 Å². The Morgan fingerprint density at radius 1 is 1.31 bits per heavy atom. The molecule has 1 aromatic heterocycles. The third-order valence-corrected chi connectivity index (χ3v) is 6.16. The lowest BCUT2D eigenvalue weighted by molar-refractivity contribution is -0.118. The van der Waals surface area contributed by atoms with Crippen LogP contribution in [0.1, 0.15) is 38.7 Å². The Morgan fingerprint density at radius 2 is 2.00 bits per heavy atom. The van der Waals surface area contributed by atoms with Crippen LogP contribution in [0, 0.1) is 6.92 Å². The fourth-order valence-corrected chi connectivity index (χ4v) is 4.48. The van der Waals surface area contributed by atoms with Crippen molar-refractivity contribution in [1.82, 2.24) is 10.2 Å². The van der Waals surface area contributed by atoms with E-state index in [9.17, 15) is 9.59 Å². The number of hydrogen-bond donors (Lipinski definition) is 1. The smallest absolute Gasteiger partial charge is 0.237 e. The van der Waals surface area contributed by atoms with Crippen LogP contribution in [0.5, 0.6) is 0 Å². The predicted molar refractivity (Wildman–Crippen MR) is 106 cm³/mol. The van der Waals surface area contributed by atoms with Crippen molar-refractivity contribution >= 4 is 45.7 Å². The molecule has 0 bridgehead atoms. The number of nitrogens with one attached hydrogen (secondary N) is 1. The van der Waals surface area contributed by atoms with Crippen LogP contribution in [0.15, 0.2) is 28.6 Å². The zero-order valence-corrected chi connectivity index (χ0v) is 16.7. The van der Waals surface area contributed by atoms with Crippen molar-refractivity contribution < 1.29 is 9.59 Å². The van der Waals surface area contributed by atoms with E-state index < -0.39 is 0 Å². The van der Waals surface area contributed by atoms with Gasteiger partial charge in [-0.25, -0.2) is 0 Å². The highest BCUT2D eigenvalue weighted by Crippen LogP contribution is 2.37. The average Bonchev–Trinajstić information content (AvgIpc) is 3.36. The molecule has 1 N–H and O–H groups in total. The van der Waals surface area contributed by atoms with Crippen molar-refractivity contribution in [3.63, 3.8) is 0 Å². The quantitative estimate of drug-likeness (QED) is 0.574. The summed E-state index contributed by atoms with van der Waals surface area (Å²) in [5.41, 5.74) is 1.92. The third kappa shape index (κ3) is 4.62. The molecule has 1 heterocycles. The van der Waals surface area contributed by atoms with E-state index in [0.717, 1.165) is 24.1 Å². The number of nitrogens with zero attached hydrogens (tertiary/aromatic N) is 3. The van der Waals surface area contributed by atoms with Crippen LogP contribution in [-0.2, 0) is 9.59 Å². The number of thioether (sulfide) groups is 1. The van der Waals surface area contributed by atoms with Crippen LogP contribution in [0.25, 0.3) is 0 Å². The Bertz CT molecular complexity index is 787. The molecular formula is C18H22N4O2S2. The summed E-state index contributed by atoms with van der Waals surface area (Å²) in [6.07, 6.45) is 2.49. The highest BCUT2D eigenvalue weighted by molar-refractivity contribution is 8.02. The van der Waals surface area contributed by atoms with E-state index in [-0.39, 0.29) is 23.1 Å². The SMILES string of the molecule is CCC(=O)N(c1nnc(S[C@H](C)C(=O)Nc2ccc(C)cc2)s1)C1CC1. The van der Waals surface area contributed by atoms with Gasteiger partial charge in [0.15, 0.2) is 4.34 Å². The Labute approximate surface area is 161 Å². The van der Waals surface area contributed by atoms with Gasteiger partial charge in [-0.2, -0.15) is 0 Å². The first kappa shape index (κ1) is 18.8. The molecule has 138 valence electrons. The van der Waals surface area contributed by atoms with E-state index >= 15 is 0 Å². The minimum Gasteiger partial charge on any atom is -0.325 e. The van der Waals surface area contributed by atoms with Gasteiger partial charge in [-0.05, 0) is 38.8 Å². The van der Waals surface area contributed by atoms with Crippen molar-refractivity contribution in [1.29, 1.82) is 0 Å². The number of aryl methyl sites for hydroxylation is 1. The van der Waals surface area contributed by atoms with E-state index in [0.29, 0.717) is 15.9 Å². The molecule has 1 saturated carbocycles. The molecule has 1 aliphatic rings. The molecule has 1 atom stereocenters. The molecule has 0 unspecified atom stereocenters. The van der Waals surface area contributed by atoms with E-state index in [4.69, 9.17) is 0 Å². The van der Waals surface area contributed by atoms with E-state index in [1.54, 1.807) is 4.90 Å². The third-order valence-electron chi connectivity index (χ3n) is 4.05. The molecule has 1 aliphatic carbocycles. The summed E-state index contributed by atoms with van der Waals surface area (Å²) >= 11 is 2.73. The maximum atomic E-state index is 12.4. The predicted octanol–water partition coefficient (Wildman–Crippen LogP) is 3.87. The minimum absolute atomic E-state index is 0.0744. The minimum atomic E-state index is -0.312. The summed E-state index contributed by atoms with van der Waals surface area (Å²) in [5.74, 6) is -0.00958. The fraction of sp³-hybridized carbons (Fsp3) is 0.444. The van der Waals surface area contributed by atoms with Gasteiger partial charge in [0.1, 0.15) is 0 Å². The molecule has 8 heteroatoms. The highest BCUT2D eigenvalue weighted by atomic mass is 32.2. The van der Waals surface area contributed by atoms with Gasteiger partial charge in [0.2, 0.25) is 16.9 Å². The zero-order valence-electron chi connectivity index (χ0n) is 15.1. The molecule has 1 aromatic carbocycles. The average molecular weight is 391 g/mol. The Kier molecular flexibility index (Phi) is 5.93. The number of amides is 2. The number of hydrogen-bond acceptors (Lipinski definition) is 6. The van der Waals surface area contributed by atoms with Crippen molar-refractivity contribution in [2.24, 2.45) is 0 Å². The summed E-state index contributed by atoms with van der Waals surface area (Å²) in [7, 11) is 0. The van der Waals surface area contributed by atoms with Gasteiger partial charge in [-0.1, -0.05) is 47.7 Å². The summed E-state index contributed by atoms with van der Waals surface area (Å²) in [4.78, 5) is 26.3. The second-order valence-corrected chi connectivity index (χ2v) is 8.86. The van der Waals surface area contributed by atoms with Crippen LogP contribution >= 0.6 is 23.1 Å². The number of anilines is 2. The molecule has 26 heavy (non-hydrogen) atoms. The first-order chi connectivity index (χ1) is 12.5. The standard InChI is InChI=1S/C18H22N4O2S2/c1-4-15(23)22(14-9-10-14)17-20-21-18(26-17)25-12(3)16(24)19-13-7-5-11(2)6-8-13/h5-8,12,14H,4,9-10H2,1-3H3,(H,19,24)/t12-/m1/s1. The van der Waals surface area contributed by atoms with Crippen molar-refractivity contribution in [2.75, 3.05) is 10.2 Å². The van der Waals surface area contributed by atoms with Gasteiger partial charge in [0.05, 0.1) is 5.25 Å². The molecule has 1 fully saturated rings. The van der Waals surface area contributed by atoms with Crippen molar-refractivity contribution in [3.8, 4) is 0 Å². The molecule has 3 rings (SSSR count). The molecule has 6 nitrogen and oxygen atoms in total. The number of aromatic nitrogens is 2. The number of carbonyl (C=O) groups is 2. The summed E-state index contributed by atoms with van der Waals surface area (Å²) in [6, 6.07) is 7.95. The number of benzene rings is 1. The summed E-state index contributed by atoms with van der Waals surface area (Å²) in [6.45, 7) is 5.70. The molecular weight excluding hydrogens is 368 g/mol. The van der Waals surface area contributed by atoms with Crippen LogP contribution in [0.2, 0.25) is 0 Å². The van der Waals surface area contributed by atoms with Gasteiger partial charge in [0, 0.05) is 18.2 Å². The van der Waals surface area contributed by atoms with Crippen LogP contribution in [0.4, 0.5) is 10.8 Å². The number of rotatable bonds is 7. The van der Waals surface area contributed by atoms with E-state index in [1.165, 1.54) is 23.1 Å². The van der Waals surface area contributed by atoms with E-state index in [2.05, 4.69) is 15.5 Å². The molecule has 0 aliphatic heterocycles. The Morgan fingerprint density at radius 3 is 2.62 bits per heavy atom. The fourth-order valence-electron chi connectivity index (χ4n) is 2.40. The normalized spacial score (nSPS) is 14.7. The Balaban J connectivity index is 1.61. The van der Waals surface area contributed by atoms with Gasteiger partial charge < -0.3 is 5.32 Å². The monoisotopic (exact) mass is 390 g/mol. The lowest BCUT2D eigenvalue weighted by atomic mass is 10.2. The van der Waals surface area contributed by atoms with Gasteiger partial charge in [0.25, 0.3) is 0 Å². The Hall–Kier alpha value is -1.93. The molecule has 0 saturated heterocycles. The summed E-state index contributed by atoms with van der Waals surface area (Å²) in [5, 5.41) is 11.6. The first-order valence-corrected chi connectivity index (χ1v) is 10.4. The highest BCUT2D eigenvalue weighted by Gasteiger charge is 2.35. The van der Waals surface area contributed by atoms with Gasteiger partial charge in [-0.3, -0.25) is 14.5 Å². The topological polar surface area (TPSA) is 75.2 Å². The van der Waals surface area contributed by atoms with Crippen molar-refractivity contribution in [2.45, 2.75) is 55.7 Å². The van der Waals surface area contributed by atoms with Gasteiger partial charge in [-0.15, -0.1) is 10.2 Å². The molecule has 2 aromatic rings. The first-order valence-electron chi connectivity index (χ1n) is 8.67. The molecule has 2 amide bonds. The lowest BCUT2D eigenvalue weighted by Gasteiger charge is -2.17. The van der Waals surface area contributed by atoms with Crippen LogP contribution in [-0.4, -0.2) is 33.3 Å². The molecule has 0 radical (unpaired) electrons. The van der Waals surface area contributed by atoms with E-state index in [1.807, 2.05) is 45.0 Å². The lowest BCUT2D eigenvalue weighted by Crippen LogP contribution is -2.32. The maximum absolute atomic E-state index is 12.4. The van der Waals surface area contributed by atoms with Crippen LogP contribution < -0.4 is 10.2 Å². The van der Waals surface area contributed by atoms with Crippen molar-refractivity contribution in [3.05, 3.63) is 29.8 Å². The zero-order chi connectivity index (χ0) is 18.7. The van der Waals surface area contributed by atoms with Crippen LogP contribution in [0.3, 0.4) is 0 Å². The number of carbonyl (C=O) groups excluding carboxylic acids is 2. The second kappa shape index (κ2) is 8.18. The maximum Gasteiger partial charge on any atom is 0.237 e. The summed E-state index contributed by atoms with van der Waals surface area (Å²) < 4.78 is 0.695. The second-order valence-electron chi connectivity index (χ2n) is 6.31.